The average molecular weight is 467 g/mol. The molecule has 0 saturated heterocycles. The number of rotatable bonds is 9. The van der Waals surface area contributed by atoms with Crippen molar-refractivity contribution >= 4 is 47.2 Å². The number of aliphatic imine (C=N–C) groups is 1. The Morgan fingerprint density at radius 1 is 1.17 bits per heavy atom. The molecule has 0 radical (unpaired) electrons. The van der Waals surface area contributed by atoms with E-state index in [0.29, 0.717) is 19.5 Å². The second kappa shape index (κ2) is 13.4. The summed E-state index contributed by atoms with van der Waals surface area (Å²) in [5.74, 6) is 0.824. The highest BCUT2D eigenvalue weighted by molar-refractivity contribution is 14.0. The lowest BCUT2D eigenvalue weighted by molar-refractivity contribution is -0.120. The van der Waals surface area contributed by atoms with Gasteiger partial charge in [-0.3, -0.25) is 9.79 Å². The minimum atomic E-state index is 0. The van der Waals surface area contributed by atoms with E-state index in [1.165, 1.54) is 4.88 Å². The van der Waals surface area contributed by atoms with Crippen molar-refractivity contribution in [1.29, 1.82) is 0 Å². The SMILES string of the molecule is CCCNC(=O)CCNC(=NCCc1nc(C)c(C)s1)NCC.I. The molecule has 0 saturated carbocycles. The molecule has 8 heteroatoms. The van der Waals surface area contributed by atoms with Crippen molar-refractivity contribution in [2.75, 3.05) is 26.2 Å². The molecular formula is C16H30IN5OS. The van der Waals surface area contributed by atoms with Gasteiger partial charge in [0, 0.05) is 43.9 Å². The Balaban J connectivity index is 0.00000529. The van der Waals surface area contributed by atoms with Gasteiger partial charge in [0.2, 0.25) is 5.91 Å². The molecule has 138 valence electrons. The summed E-state index contributed by atoms with van der Waals surface area (Å²) in [6.45, 7) is 11.0. The molecule has 0 aliphatic rings. The number of hydrogen-bond acceptors (Lipinski definition) is 4. The maximum absolute atomic E-state index is 11.6. The summed E-state index contributed by atoms with van der Waals surface area (Å²) < 4.78 is 0. The summed E-state index contributed by atoms with van der Waals surface area (Å²) in [5.41, 5.74) is 1.11. The number of carbonyl (C=O) groups is 1. The third kappa shape index (κ3) is 9.41. The molecule has 0 atom stereocenters. The van der Waals surface area contributed by atoms with Crippen LogP contribution in [0.3, 0.4) is 0 Å². The first-order valence-corrected chi connectivity index (χ1v) is 9.10. The topological polar surface area (TPSA) is 78.4 Å². The quantitative estimate of drug-likeness (QED) is 0.296. The molecule has 24 heavy (non-hydrogen) atoms. The lowest BCUT2D eigenvalue weighted by Crippen LogP contribution is -2.39. The highest BCUT2D eigenvalue weighted by atomic mass is 127. The van der Waals surface area contributed by atoms with Gasteiger partial charge >= 0.3 is 0 Å². The van der Waals surface area contributed by atoms with Crippen LogP contribution in [0.2, 0.25) is 0 Å². The highest BCUT2D eigenvalue weighted by Gasteiger charge is 2.04. The van der Waals surface area contributed by atoms with E-state index in [-0.39, 0.29) is 29.9 Å². The Morgan fingerprint density at radius 3 is 2.50 bits per heavy atom. The summed E-state index contributed by atoms with van der Waals surface area (Å²) in [6.07, 6.45) is 2.25. The number of nitrogens with one attached hydrogen (secondary N) is 3. The molecule has 0 spiro atoms. The van der Waals surface area contributed by atoms with Gasteiger partial charge in [-0.05, 0) is 27.2 Å². The van der Waals surface area contributed by atoms with Gasteiger partial charge < -0.3 is 16.0 Å². The summed E-state index contributed by atoms with van der Waals surface area (Å²) in [6, 6.07) is 0. The van der Waals surface area contributed by atoms with Crippen LogP contribution in [0.4, 0.5) is 0 Å². The zero-order valence-electron chi connectivity index (χ0n) is 15.1. The molecule has 1 amide bonds. The van der Waals surface area contributed by atoms with Crippen molar-refractivity contribution < 1.29 is 4.79 Å². The fourth-order valence-electron chi connectivity index (χ4n) is 1.90. The summed E-state index contributed by atoms with van der Waals surface area (Å²) in [5, 5.41) is 10.4. The average Bonchev–Trinajstić information content (AvgIpc) is 2.83. The van der Waals surface area contributed by atoms with E-state index >= 15 is 0 Å². The number of guanidine groups is 1. The Labute approximate surface area is 166 Å². The van der Waals surface area contributed by atoms with Gasteiger partial charge in [0.25, 0.3) is 0 Å². The van der Waals surface area contributed by atoms with E-state index in [0.717, 1.165) is 42.6 Å². The number of hydrogen-bond donors (Lipinski definition) is 3. The second-order valence-corrected chi connectivity index (χ2v) is 6.57. The molecule has 1 rings (SSSR count). The summed E-state index contributed by atoms with van der Waals surface area (Å²) in [7, 11) is 0. The van der Waals surface area contributed by atoms with E-state index in [4.69, 9.17) is 0 Å². The van der Waals surface area contributed by atoms with E-state index in [1.54, 1.807) is 11.3 Å². The van der Waals surface area contributed by atoms with E-state index in [9.17, 15) is 4.79 Å². The van der Waals surface area contributed by atoms with Gasteiger partial charge in [-0.25, -0.2) is 4.98 Å². The van der Waals surface area contributed by atoms with Gasteiger partial charge in [0.1, 0.15) is 0 Å². The Kier molecular flexibility index (Phi) is 12.9. The normalized spacial score (nSPS) is 10.9. The fraction of sp³-hybridized carbons (Fsp3) is 0.688. The van der Waals surface area contributed by atoms with E-state index in [1.807, 2.05) is 20.8 Å². The van der Waals surface area contributed by atoms with Gasteiger partial charge in [-0.15, -0.1) is 35.3 Å². The van der Waals surface area contributed by atoms with Crippen LogP contribution in [0.5, 0.6) is 0 Å². The Hall–Kier alpha value is -0.900. The smallest absolute Gasteiger partial charge is 0.221 e. The van der Waals surface area contributed by atoms with Crippen molar-refractivity contribution in [3.63, 3.8) is 0 Å². The molecule has 0 aliphatic heterocycles. The van der Waals surface area contributed by atoms with Crippen LogP contribution >= 0.6 is 35.3 Å². The molecule has 6 nitrogen and oxygen atoms in total. The lowest BCUT2D eigenvalue weighted by atomic mass is 10.4. The predicted octanol–water partition coefficient (Wildman–Crippen LogP) is 2.39. The molecule has 0 aromatic carbocycles. The number of amides is 1. The monoisotopic (exact) mass is 467 g/mol. The summed E-state index contributed by atoms with van der Waals surface area (Å²) in [4.78, 5) is 21.9. The fourth-order valence-corrected chi connectivity index (χ4v) is 2.82. The minimum absolute atomic E-state index is 0. The number of carbonyl (C=O) groups excluding carboxylic acids is 1. The van der Waals surface area contributed by atoms with E-state index < -0.39 is 0 Å². The molecule has 3 N–H and O–H groups in total. The third-order valence-corrected chi connectivity index (χ3v) is 4.36. The van der Waals surface area contributed by atoms with Gasteiger partial charge in [-0.2, -0.15) is 0 Å². The lowest BCUT2D eigenvalue weighted by Gasteiger charge is -2.11. The number of aromatic nitrogens is 1. The molecule has 0 aliphatic carbocycles. The number of thiazole rings is 1. The molecule has 0 bridgehead atoms. The van der Waals surface area contributed by atoms with Crippen LogP contribution in [0.15, 0.2) is 4.99 Å². The minimum Gasteiger partial charge on any atom is -0.357 e. The maximum atomic E-state index is 11.6. The molecule has 1 aromatic rings. The van der Waals surface area contributed by atoms with Crippen LogP contribution < -0.4 is 16.0 Å². The molecular weight excluding hydrogens is 437 g/mol. The van der Waals surface area contributed by atoms with Gasteiger partial charge in [-0.1, -0.05) is 6.92 Å². The van der Waals surface area contributed by atoms with Crippen molar-refractivity contribution in [2.24, 2.45) is 4.99 Å². The molecule has 1 aromatic heterocycles. The largest absolute Gasteiger partial charge is 0.357 e. The van der Waals surface area contributed by atoms with Crippen LogP contribution in [0.25, 0.3) is 0 Å². The van der Waals surface area contributed by atoms with Crippen LogP contribution in [-0.2, 0) is 11.2 Å². The molecule has 1 heterocycles. The molecule has 0 unspecified atom stereocenters. The first-order chi connectivity index (χ1) is 11.1. The first kappa shape index (κ1) is 23.1. The summed E-state index contributed by atoms with van der Waals surface area (Å²) >= 11 is 1.73. The van der Waals surface area contributed by atoms with Crippen molar-refractivity contribution in [1.82, 2.24) is 20.9 Å². The third-order valence-electron chi connectivity index (χ3n) is 3.23. The number of aryl methyl sites for hydroxylation is 2. The van der Waals surface area contributed by atoms with Crippen molar-refractivity contribution in [3.05, 3.63) is 15.6 Å². The van der Waals surface area contributed by atoms with Crippen molar-refractivity contribution in [3.8, 4) is 0 Å². The standard InChI is InChI=1S/C16H29N5OS.HI/c1-5-9-18-14(22)7-10-19-16(17-6-2)20-11-8-15-21-12(3)13(4)23-15;/h5-11H2,1-4H3,(H,18,22)(H2,17,19,20);1H. The van der Waals surface area contributed by atoms with Crippen molar-refractivity contribution in [2.45, 2.75) is 47.0 Å². The Morgan fingerprint density at radius 2 is 1.92 bits per heavy atom. The maximum Gasteiger partial charge on any atom is 0.221 e. The zero-order chi connectivity index (χ0) is 17.1. The second-order valence-electron chi connectivity index (χ2n) is 5.29. The van der Waals surface area contributed by atoms with Crippen LogP contribution in [0.1, 0.15) is 42.3 Å². The first-order valence-electron chi connectivity index (χ1n) is 8.28. The van der Waals surface area contributed by atoms with Crippen LogP contribution in [-0.4, -0.2) is 43.0 Å². The number of nitrogens with zero attached hydrogens (tertiary/aromatic N) is 2. The highest BCUT2D eigenvalue weighted by Crippen LogP contribution is 2.16. The molecule has 0 fully saturated rings. The van der Waals surface area contributed by atoms with Gasteiger partial charge in [0.15, 0.2) is 5.96 Å². The van der Waals surface area contributed by atoms with Crippen LogP contribution in [0, 0.1) is 13.8 Å². The Bertz CT molecular complexity index is 499. The zero-order valence-corrected chi connectivity index (χ0v) is 18.2. The predicted molar refractivity (Wildman–Crippen MR) is 113 cm³/mol. The van der Waals surface area contributed by atoms with Gasteiger partial charge in [0.05, 0.1) is 10.7 Å². The number of halogens is 1. The van der Waals surface area contributed by atoms with E-state index in [2.05, 4.69) is 32.9 Å².